The lowest BCUT2D eigenvalue weighted by Crippen LogP contribution is -2.55. The highest BCUT2D eigenvalue weighted by atomic mass is 16.4. The van der Waals surface area contributed by atoms with Crippen LogP contribution in [0.1, 0.15) is 38.7 Å². The fourth-order valence-corrected chi connectivity index (χ4v) is 3.68. The van der Waals surface area contributed by atoms with Crippen molar-refractivity contribution in [3.8, 4) is 0 Å². The molecule has 3 amide bonds. The number of carboxylic acids is 1. The number of para-hydroxylation sites is 1. The molecule has 1 aromatic carbocycles. The number of hydrogen-bond acceptors (Lipinski definition) is 6. The van der Waals surface area contributed by atoms with Gasteiger partial charge in [0.15, 0.2) is 0 Å². The Kier molecular flexibility index (Phi) is 10.7. The van der Waals surface area contributed by atoms with E-state index in [4.69, 9.17) is 11.5 Å². The molecule has 2 rings (SSSR count). The van der Waals surface area contributed by atoms with Crippen LogP contribution in [-0.2, 0) is 25.6 Å². The summed E-state index contributed by atoms with van der Waals surface area (Å²) >= 11 is 0. The molecule has 9 N–H and O–H groups in total. The van der Waals surface area contributed by atoms with Crippen molar-refractivity contribution in [2.24, 2.45) is 17.4 Å². The van der Waals surface area contributed by atoms with E-state index in [1.165, 1.54) is 0 Å². The lowest BCUT2D eigenvalue weighted by Gasteiger charge is -2.23. The molecule has 35 heavy (non-hydrogen) atoms. The van der Waals surface area contributed by atoms with Crippen LogP contribution in [0.2, 0.25) is 0 Å². The third-order valence-electron chi connectivity index (χ3n) is 5.71. The molecule has 0 aliphatic carbocycles. The Morgan fingerprint density at radius 3 is 2.43 bits per heavy atom. The Morgan fingerprint density at radius 2 is 1.77 bits per heavy atom. The van der Waals surface area contributed by atoms with E-state index in [-0.39, 0.29) is 12.3 Å². The second-order valence-electron chi connectivity index (χ2n) is 8.86. The zero-order valence-corrected chi connectivity index (χ0v) is 20.2. The van der Waals surface area contributed by atoms with Crippen LogP contribution >= 0.6 is 0 Å². The Hall–Kier alpha value is -3.44. The number of fused-ring (bicyclic) bond motifs is 1. The van der Waals surface area contributed by atoms with Crippen molar-refractivity contribution in [2.75, 3.05) is 13.1 Å². The van der Waals surface area contributed by atoms with Gasteiger partial charge in [0.2, 0.25) is 17.7 Å². The molecule has 0 spiro atoms. The number of unbranched alkanes of at least 4 members (excludes halogenated alkanes) is 1. The molecule has 0 radical (unpaired) electrons. The summed E-state index contributed by atoms with van der Waals surface area (Å²) in [5, 5.41) is 18.0. The molecular weight excluding hydrogens is 452 g/mol. The van der Waals surface area contributed by atoms with E-state index < -0.39 is 48.4 Å². The summed E-state index contributed by atoms with van der Waals surface area (Å²) in [6, 6.07) is 4.62. The third-order valence-corrected chi connectivity index (χ3v) is 5.71. The van der Waals surface area contributed by atoms with Gasteiger partial charge in [-0.1, -0.05) is 38.5 Å². The Balaban J connectivity index is 1.91. The summed E-state index contributed by atoms with van der Waals surface area (Å²) in [6.45, 7) is 3.59. The van der Waals surface area contributed by atoms with Crippen LogP contribution in [0, 0.1) is 5.92 Å². The van der Waals surface area contributed by atoms with Crippen LogP contribution in [0.3, 0.4) is 0 Å². The van der Waals surface area contributed by atoms with Gasteiger partial charge in [-0.2, -0.15) is 0 Å². The van der Waals surface area contributed by atoms with E-state index in [0.29, 0.717) is 19.4 Å². The molecular formula is C24H36N6O5. The topological polar surface area (TPSA) is 192 Å². The fourth-order valence-electron chi connectivity index (χ4n) is 3.68. The standard InChI is InChI=1S/C24H36N6O5/c1-14(2)21(30-22(32)17(26)8-5-6-10-25)23(33)28-13-20(31)29-19(24(34)35)11-15-12-27-18-9-4-3-7-16(15)18/h3-4,7,9,12,14,17,19,21,27H,5-6,8,10-11,13,25-26H2,1-2H3,(H,28,33)(H,29,31)(H,30,32)(H,34,35). The number of nitrogens with one attached hydrogen (secondary N) is 4. The summed E-state index contributed by atoms with van der Waals surface area (Å²) in [5.41, 5.74) is 13.0. The second-order valence-corrected chi connectivity index (χ2v) is 8.86. The number of benzene rings is 1. The smallest absolute Gasteiger partial charge is 0.326 e. The summed E-state index contributed by atoms with van der Waals surface area (Å²) in [6.07, 6.45) is 3.69. The maximum atomic E-state index is 12.6. The number of aliphatic carboxylic acids is 1. The number of carbonyl (C=O) groups excluding carboxylic acids is 3. The Morgan fingerprint density at radius 1 is 1.06 bits per heavy atom. The minimum Gasteiger partial charge on any atom is -0.480 e. The molecule has 11 heteroatoms. The average molecular weight is 489 g/mol. The first kappa shape index (κ1) is 27.8. The fraction of sp³-hybridized carbons (Fsp3) is 0.500. The third kappa shape index (κ3) is 8.37. The minimum atomic E-state index is -1.19. The number of nitrogens with two attached hydrogens (primary N) is 2. The van der Waals surface area contributed by atoms with Gasteiger partial charge < -0.3 is 37.5 Å². The van der Waals surface area contributed by atoms with Crippen molar-refractivity contribution in [3.63, 3.8) is 0 Å². The molecule has 0 aliphatic heterocycles. The quantitative estimate of drug-likeness (QED) is 0.182. The molecule has 11 nitrogen and oxygen atoms in total. The first-order valence-corrected chi connectivity index (χ1v) is 11.7. The molecule has 1 heterocycles. The van der Waals surface area contributed by atoms with Crippen molar-refractivity contribution in [1.29, 1.82) is 0 Å². The molecule has 2 aromatic rings. The molecule has 3 unspecified atom stereocenters. The van der Waals surface area contributed by atoms with Gasteiger partial charge in [0.25, 0.3) is 0 Å². The summed E-state index contributed by atoms with van der Waals surface area (Å²) in [5.74, 6) is -3.11. The van der Waals surface area contributed by atoms with Crippen molar-refractivity contribution in [3.05, 3.63) is 36.0 Å². The number of hydrogen-bond donors (Lipinski definition) is 7. The Labute approximate surface area is 204 Å². The lowest BCUT2D eigenvalue weighted by molar-refractivity contribution is -0.141. The lowest BCUT2D eigenvalue weighted by atomic mass is 10.0. The molecule has 192 valence electrons. The van der Waals surface area contributed by atoms with Crippen molar-refractivity contribution < 1.29 is 24.3 Å². The van der Waals surface area contributed by atoms with Gasteiger partial charge in [0.1, 0.15) is 12.1 Å². The number of rotatable bonds is 14. The maximum Gasteiger partial charge on any atom is 0.326 e. The van der Waals surface area contributed by atoms with Crippen molar-refractivity contribution in [2.45, 2.75) is 57.7 Å². The number of carbonyl (C=O) groups is 4. The highest BCUT2D eigenvalue weighted by Gasteiger charge is 2.27. The maximum absolute atomic E-state index is 12.6. The average Bonchev–Trinajstić information content (AvgIpc) is 3.23. The van der Waals surface area contributed by atoms with Crippen molar-refractivity contribution in [1.82, 2.24) is 20.9 Å². The van der Waals surface area contributed by atoms with E-state index in [1.54, 1.807) is 20.0 Å². The van der Waals surface area contributed by atoms with Crippen LogP contribution in [-0.4, -0.2) is 65.0 Å². The number of aromatic nitrogens is 1. The number of carboxylic acid groups (broad SMARTS) is 1. The van der Waals surface area contributed by atoms with Gasteiger partial charge in [-0.3, -0.25) is 14.4 Å². The van der Waals surface area contributed by atoms with Gasteiger partial charge in [-0.05, 0) is 36.9 Å². The van der Waals surface area contributed by atoms with E-state index in [2.05, 4.69) is 20.9 Å². The van der Waals surface area contributed by atoms with Crippen molar-refractivity contribution >= 4 is 34.6 Å². The minimum absolute atomic E-state index is 0.0752. The first-order chi connectivity index (χ1) is 16.6. The molecule has 0 saturated heterocycles. The van der Waals surface area contributed by atoms with Gasteiger partial charge in [-0.25, -0.2) is 4.79 Å². The van der Waals surface area contributed by atoms with Crippen LogP contribution in [0.4, 0.5) is 0 Å². The first-order valence-electron chi connectivity index (χ1n) is 11.7. The summed E-state index contributed by atoms with van der Waals surface area (Å²) in [4.78, 5) is 52.2. The van der Waals surface area contributed by atoms with Gasteiger partial charge in [0, 0.05) is 23.5 Å². The largest absolute Gasteiger partial charge is 0.480 e. The molecule has 3 atom stereocenters. The van der Waals surface area contributed by atoms with Crippen LogP contribution in [0.15, 0.2) is 30.5 Å². The Bertz CT molecular complexity index is 1020. The summed E-state index contributed by atoms with van der Waals surface area (Å²) in [7, 11) is 0. The molecule has 0 bridgehead atoms. The second kappa shape index (κ2) is 13.4. The highest BCUT2D eigenvalue weighted by Crippen LogP contribution is 2.19. The van der Waals surface area contributed by atoms with Crippen LogP contribution in [0.25, 0.3) is 10.9 Å². The van der Waals surface area contributed by atoms with E-state index in [0.717, 1.165) is 22.9 Å². The van der Waals surface area contributed by atoms with E-state index in [9.17, 15) is 24.3 Å². The van der Waals surface area contributed by atoms with Crippen LogP contribution < -0.4 is 27.4 Å². The molecule has 0 fully saturated rings. The summed E-state index contributed by atoms with van der Waals surface area (Å²) < 4.78 is 0. The van der Waals surface area contributed by atoms with Crippen LogP contribution in [0.5, 0.6) is 0 Å². The number of amides is 3. The number of aromatic amines is 1. The predicted octanol–water partition coefficient (Wildman–Crippen LogP) is -0.00690. The molecule has 0 saturated carbocycles. The normalized spacial score (nSPS) is 13.7. The highest BCUT2D eigenvalue weighted by molar-refractivity contribution is 5.93. The van der Waals surface area contributed by atoms with Gasteiger partial charge in [0.05, 0.1) is 12.6 Å². The monoisotopic (exact) mass is 488 g/mol. The molecule has 1 aromatic heterocycles. The van der Waals surface area contributed by atoms with E-state index >= 15 is 0 Å². The number of H-pyrrole nitrogens is 1. The zero-order chi connectivity index (χ0) is 26.0. The van der Waals surface area contributed by atoms with E-state index in [1.807, 2.05) is 24.3 Å². The van der Waals surface area contributed by atoms with Gasteiger partial charge >= 0.3 is 5.97 Å². The SMILES string of the molecule is CC(C)C(NC(=O)C(N)CCCCN)C(=O)NCC(=O)NC(Cc1c[nH]c2ccccc12)C(=O)O. The molecule has 0 aliphatic rings. The van der Waals surface area contributed by atoms with Gasteiger partial charge in [-0.15, -0.1) is 0 Å². The predicted molar refractivity (Wildman–Crippen MR) is 132 cm³/mol. The zero-order valence-electron chi connectivity index (χ0n) is 20.2.